The monoisotopic (exact) mass is 151 g/mol. The third kappa shape index (κ3) is 2.51. The number of nitrogen functional groups attached to an aromatic ring is 1. The Kier molecular flexibility index (Phi) is 2.77. The van der Waals surface area contributed by atoms with E-state index in [2.05, 4.69) is 0 Å². The predicted octanol–water partition coefficient (Wildman–Crippen LogP) is 2.45. The van der Waals surface area contributed by atoms with Crippen LogP contribution >= 0.6 is 11.3 Å². The van der Waals surface area contributed by atoms with Crippen LogP contribution in [0.1, 0.15) is 0 Å². The summed E-state index contributed by atoms with van der Waals surface area (Å²) in [6, 6.07) is 9.55. The molecule has 2 N–H and O–H groups in total. The lowest BCUT2D eigenvalue weighted by Gasteiger charge is -1.78. The summed E-state index contributed by atoms with van der Waals surface area (Å²) in [5, 5.41) is 3.98. The third-order valence-corrected chi connectivity index (χ3v) is 1.63. The molecule has 0 radical (unpaired) electrons. The van der Waals surface area contributed by atoms with Gasteiger partial charge in [-0.25, -0.2) is 0 Å². The second kappa shape index (κ2) is 3.90. The second-order valence-electron chi connectivity index (χ2n) is 1.82. The third-order valence-electron chi connectivity index (χ3n) is 1.00. The van der Waals surface area contributed by atoms with Crippen LogP contribution in [0.15, 0.2) is 41.1 Å². The van der Waals surface area contributed by atoms with Gasteiger partial charge in [-0.3, -0.25) is 0 Å². The molecule has 0 fully saturated rings. The standard InChI is InChI=1S/C8H9NS/c9-8-4-1-2-6-10-7-3-5-8/h1-7H,9H2. The Labute approximate surface area is 64.5 Å². The van der Waals surface area contributed by atoms with Gasteiger partial charge in [-0.15, -0.1) is 0 Å². The van der Waals surface area contributed by atoms with Crippen molar-refractivity contribution >= 4 is 17.0 Å². The Balaban J connectivity index is 3.13. The van der Waals surface area contributed by atoms with Crippen molar-refractivity contribution in [3.8, 4) is 0 Å². The van der Waals surface area contributed by atoms with E-state index in [0.717, 1.165) is 5.69 Å². The van der Waals surface area contributed by atoms with Crippen LogP contribution in [0.4, 0.5) is 5.69 Å². The highest BCUT2D eigenvalue weighted by molar-refractivity contribution is 7.07. The summed E-state index contributed by atoms with van der Waals surface area (Å²) in [7, 11) is 0. The zero-order valence-electron chi connectivity index (χ0n) is 5.53. The summed E-state index contributed by atoms with van der Waals surface area (Å²) in [6.45, 7) is 0. The Morgan fingerprint density at radius 2 is 1.70 bits per heavy atom. The van der Waals surface area contributed by atoms with Crippen molar-refractivity contribution in [3.63, 3.8) is 0 Å². The van der Waals surface area contributed by atoms with Crippen LogP contribution in [0.3, 0.4) is 0 Å². The molecule has 0 atom stereocenters. The Morgan fingerprint density at radius 3 is 2.60 bits per heavy atom. The van der Waals surface area contributed by atoms with E-state index in [1.165, 1.54) is 0 Å². The van der Waals surface area contributed by atoms with Crippen LogP contribution in [0.2, 0.25) is 0 Å². The van der Waals surface area contributed by atoms with Crippen molar-refractivity contribution in [2.24, 2.45) is 0 Å². The summed E-state index contributed by atoms with van der Waals surface area (Å²) in [5.74, 6) is 0. The highest BCUT2D eigenvalue weighted by Crippen LogP contribution is 1.96. The fourth-order valence-electron chi connectivity index (χ4n) is 0.554. The predicted molar refractivity (Wildman–Crippen MR) is 46.4 cm³/mol. The van der Waals surface area contributed by atoms with Gasteiger partial charge in [0.05, 0.1) is 0 Å². The molecule has 0 saturated heterocycles. The number of hydrogen-bond donors (Lipinski definition) is 1. The van der Waals surface area contributed by atoms with Crippen molar-refractivity contribution in [2.75, 3.05) is 5.73 Å². The van der Waals surface area contributed by atoms with E-state index in [1.54, 1.807) is 11.3 Å². The normalized spacial score (nSPS) is 8.40. The minimum Gasteiger partial charge on any atom is -0.399 e. The molecule has 0 saturated carbocycles. The van der Waals surface area contributed by atoms with Gasteiger partial charge in [-0.1, -0.05) is 18.2 Å². The molecule has 10 heavy (non-hydrogen) atoms. The van der Waals surface area contributed by atoms with Gasteiger partial charge < -0.3 is 5.73 Å². The molecule has 0 amide bonds. The van der Waals surface area contributed by atoms with E-state index < -0.39 is 0 Å². The first-order chi connectivity index (χ1) is 4.89. The van der Waals surface area contributed by atoms with E-state index in [9.17, 15) is 0 Å². The van der Waals surface area contributed by atoms with E-state index in [-0.39, 0.29) is 0 Å². The molecular weight excluding hydrogens is 142 g/mol. The molecule has 1 nitrogen and oxygen atoms in total. The van der Waals surface area contributed by atoms with Gasteiger partial charge in [0.25, 0.3) is 0 Å². The molecule has 0 spiro atoms. The first kappa shape index (κ1) is 7.09. The van der Waals surface area contributed by atoms with Gasteiger partial charge in [-0.05, 0) is 22.9 Å². The maximum Gasteiger partial charge on any atom is 0.0314 e. The Hall–Kier alpha value is -1.02. The van der Waals surface area contributed by atoms with Crippen molar-refractivity contribution in [3.05, 3.63) is 41.1 Å². The number of nitrogens with two attached hydrogens (primary N) is 1. The van der Waals surface area contributed by atoms with Gasteiger partial charge in [0.15, 0.2) is 0 Å². The first-order valence-corrected chi connectivity index (χ1v) is 3.95. The lowest BCUT2D eigenvalue weighted by molar-refractivity contribution is 1.76. The highest BCUT2D eigenvalue weighted by Gasteiger charge is 1.70. The van der Waals surface area contributed by atoms with Crippen molar-refractivity contribution in [1.29, 1.82) is 0 Å². The zero-order chi connectivity index (χ0) is 7.23. The minimum absolute atomic E-state index is 0.781. The highest BCUT2D eigenvalue weighted by atomic mass is 32.1. The fourth-order valence-corrected chi connectivity index (χ4v) is 0.996. The Bertz CT molecular complexity index is 217. The lowest BCUT2D eigenvalue weighted by Crippen LogP contribution is -1.77. The molecule has 1 rings (SSSR count). The smallest absolute Gasteiger partial charge is 0.0314 e. The van der Waals surface area contributed by atoms with Gasteiger partial charge in [0.1, 0.15) is 0 Å². The van der Waals surface area contributed by atoms with Crippen molar-refractivity contribution in [2.45, 2.75) is 0 Å². The van der Waals surface area contributed by atoms with E-state index in [4.69, 9.17) is 5.73 Å². The number of rotatable bonds is 0. The van der Waals surface area contributed by atoms with E-state index in [0.29, 0.717) is 0 Å². The SMILES string of the molecule is Nc1ccccsccc1. The summed E-state index contributed by atoms with van der Waals surface area (Å²) in [4.78, 5) is 0. The zero-order valence-corrected chi connectivity index (χ0v) is 6.34. The summed E-state index contributed by atoms with van der Waals surface area (Å²) >= 11 is 1.63. The maximum atomic E-state index is 5.55. The fraction of sp³-hybridized carbons (Fsp3) is 0. The van der Waals surface area contributed by atoms with Crippen LogP contribution in [-0.2, 0) is 0 Å². The molecule has 0 aromatic carbocycles. The molecule has 0 bridgehead atoms. The van der Waals surface area contributed by atoms with Crippen molar-refractivity contribution < 1.29 is 0 Å². The van der Waals surface area contributed by atoms with Crippen LogP contribution in [0, 0.1) is 0 Å². The first-order valence-electron chi connectivity index (χ1n) is 3.00. The molecule has 0 unspecified atom stereocenters. The average molecular weight is 151 g/mol. The van der Waals surface area contributed by atoms with E-state index in [1.807, 2.05) is 41.1 Å². The Morgan fingerprint density at radius 1 is 1.00 bits per heavy atom. The van der Waals surface area contributed by atoms with Crippen LogP contribution in [-0.4, -0.2) is 0 Å². The minimum atomic E-state index is 0.781. The number of hydrogen-bond acceptors (Lipinski definition) is 2. The van der Waals surface area contributed by atoms with Crippen molar-refractivity contribution in [1.82, 2.24) is 0 Å². The summed E-state index contributed by atoms with van der Waals surface area (Å²) in [5.41, 5.74) is 6.33. The summed E-state index contributed by atoms with van der Waals surface area (Å²) < 4.78 is 0. The topological polar surface area (TPSA) is 26.0 Å². The van der Waals surface area contributed by atoms with Crippen LogP contribution in [0.5, 0.6) is 0 Å². The maximum absolute atomic E-state index is 5.55. The van der Waals surface area contributed by atoms with Crippen LogP contribution < -0.4 is 5.73 Å². The lowest BCUT2D eigenvalue weighted by atomic mass is 10.4. The molecule has 0 aliphatic rings. The van der Waals surface area contributed by atoms with E-state index >= 15 is 0 Å². The largest absolute Gasteiger partial charge is 0.399 e. The van der Waals surface area contributed by atoms with Gasteiger partial charge >= 0.3 is 0 Å². The molecule has 2 heteroatoms. The molecule has 1 aromatic rings. The molecule has 0 aliphatic carbocycles. The molecule has 1 heterocycles. The average Bonchev–Trinajstić information content (AvgIpc) is 2.02. The van der Waals surface area contributed by atoms with Crippen LogP contribution in [0.25, 0.3) is 0 Å². The molecule has 1 aromatic heterocycles. The molecule has 0 aliphatic heterocycles. The van der Waals surface area contributed by atoms with Gasteiger partial charge in [-0.2, -0.15) is 11.3 Å². The summed E-state index contributed by atoms with van der Waals surface area (Å²) in [6.07, 6.45) is 0. The molecular formula is C8H9NS. The number of anilines is 1. The van der Waals surface area contributed by atoms with Gasteiger partial charge in [0.2, 0.25) is 0 Å². The second-order valence-corrected chi connectivity index (χ2v) is 2.64. The van der Waals surface area contributed by atoms with Gasteiger partial charge in [0, 0.05) is 5.69 Å². The molecule has 52 valence electrons. The quantitative estimate of drug-likeness (QED) is 0.605.